The van der Waals surface area contributed by atoms with Gasteiger partial charge in [-0.1, -0.05) is 6.07 Å². The Morgan fingerprint density at radius 3 is 2.74 bits per heavy atom. The molecule has 0 bridgehead atoms. The molecular weight excluding hydrogens is 344 g/mol. The Hall–Kier alpha value is -3.20. The van der Waals surface area contributed by atoms with Crippen LogP contribution in [-0.2, 0) is 0 Å². The summed E-state index contributed by atoms with van der Waals surface area (Å²) in [4.78, 5) is 26.7. The summed E-state index contributed by atoms with van der Waals surface area (Å²) in [6, 6.07) is 4.74. The second-order valence-corrected chi connectivity index (χ2v) is 6.33. The van der Waals surface area contributed by atoms with Crippen molar-refractivity contribution in [2.45, 2.75) is 24.9 Å². The maximum absolute atomic E-state index is 12.2. The van der Waals surface area contributed by atoms with Crippen LogP contribution < -0.4 is 16.0 Å². The first-order valence-corrected chi connectivity index (χ1v) is 8.72. The second kappa shape index (κ2) is 8.45. The SMILES string of the molecule is N=CC(NC(=O)c1cnccn1)C(=N)c1cccc(N2CCC(N)CC2)n1. The van der Waals surface area contributed by atoms with Crippen LogP contribution in [0.4, 0.5) is 5.82 Å². The van der Waals surface area contributed by atoms with Gasteiger partial charge in [0.25, 0.3) is 5.91 Å². The van der Waals surface area contributed by atoms with E-state index in [4.69, 9.17) is 16.6 Å². The molecule has 0 aromatic carbocycles. The van der Waals surface area contributed by atoms with Gasteiger partial charge >= 0.3 is 0 Å². The maximum atomic E-state index is 12.2. The van der Waals surface area contributed by atoms with Crippen LogP contribution in [0.15, 0.2) is 36.8 Å². The van der Waals surface area contributed by atoms with Crippen molar-refractivity contribution in [2.75, 3.05) is 18.0 Å². The molecule has 1 aliphatic heterocycles. The first-order chi connectivity index (χ1) is 13.1. The van der Waals surface area contributed by atoms with Gasteiger partial charge in [0.05, 0.1) is 17.6 Å². The number of hydrogen-bond acceptors (Lipinski definition) is 8. The molecule has 1 atom stereocenters. The monoisotopic (exact) mass is 366 g/mol. The van der Waals surface area contributed by atoms with Crippen molar-refractivity contribution in [2.24, 2.45) is 5.73 Å². The van der Waals surface area contributed by atoms with Gasteiger partial charge < -0.3 is 26.8 Å². The van der Waals surface area contributed by atoms with Gasteiger partial charge in [0.2, 0.25) is 0 Å². The van der Waals surface area contributed by atoms with Gasteiger partial charge in [-0.3, -0.25) is 9.78 Å². The van der Waals surface area contributed by atoms with Crippen molar-refractivity contribution < 1.29 is 4.79 Å². The van der Waals surface area contributed by atoms with Gasteiger partial charge in [-0.2, -0.15) is 0 Å². The van der Waals surface area contributed by atoms with Crippen molar-refractivity contribution in [3.63, 3.8) is 0 Å². The van der Waals surface area contributed by atoms with Gasteiger partial charge in [0.1, 0.15) is 17.6 Å². The Bertz CT molecular complexity index is 817. The number of carbonyl (C=O) groups excluding carboxylic acids is 1. The number of amides is 1. The highest BCUT2D eigenvalue weighted by atomic mass is 16.1. The smallest absolute Gasteiger partial charge is 0.272 e. The van der Waals surface area contributed by atoms with Gasteiger partial charge in [-0.05, 0) is 25.0 Å². The summed E-state index contributed by atoms with van der Waals surface area (Å²) in [7, 11) is 0. The molecule has 1 aliphatic rings. The van der Waals surface area contributed by atoms with Crippen molar-refractivity contribution >= 4 is 23.7 Å². The molecule has 1 amide bonds. The van der Waals surface area contributed by atoms with E-state index in [9.17, 15) is 4.79 Å². The van der Waals surface area contributed by atoms with Gasteiger partial charge in [-0.15, -0.1) is 0 Å². The second-order valence-electron chi connectivity index (χ2n) is 6.33. The van der Waals surface area contributed by atoms with Crippen molar-refractivity contribution in [3.05, 3.63) is 48.2 Å². The lowest BCUT2D eigenvalue weighted by molar-refractivity contribution is 0.0949. The van der Waals surface area contributed by atoms with Gasteiger partial charge in [-0.25, -0.2) is 9.97 Å². The standard InChI is InChI=1S/C18H22N8O/c19-10-14(25-18(27)15-11-22-6-7-23-15)17(21)13-2-1-3-16(24-13)26-8-4-12(20)5-9-26/h1-3,6-7,10-12,14,19,21H,4-5,8-9,20H2,(H,25,27). The van der Waals surface area contributed by atoms with E-state index < -0.39 is 11.9 Å². The lowest BCUT2D eigenvalue weighted by atomic mass is 10.1. The van der Waals surface area contributed by atoms with E-state index in [0.717, 1.165) is 38.0 Å². The van der Waals surface area contributed by atoms with Crippen LogP contribution in [0.25, 0.3) is 0 Å². The summed E-state index contributed by atoms with van der Waals surface area (Å²) in [5.74, 6) is 0.274. The topological polar surface area (TPSA) is 145 Å². The summed E-state index contributed by atoms with van der Waals surface area (Å²) in [5, 5.41) is 18.6. The summed E-state index contributed by atoms with van der Waals surface area (Å²) in [6.45, 7) is 1.64. The highest BCUT2D eigenvalue weighted by Crippen LogP contribution is 2.18. The first-order valence-electron chi connectivity index (χ1n) is 8.72. The summed E-state index contributed by atoms with van der Waals surface area (Å²) in [5.41, 5.74) is 6.53. The van der Waals surface area contributed by atoms with Crippen molar-refractivity contribution in [1.29, 1.82) is 10.8 Å². The first kappa shape index (κ1) is 18.6. The summed E-state index contributed by atoms with van der Waals surface area (Å²) >= 11 is 0. The third-order valence-corrected chi connectivity index (χ3v) is 4.43. The van der Waals surface area contributed by atoms with Crippen LogP contribution in [-0.4, -0.2) is 58.0 Å². The number of piperidine rings is 1. The molecular formula is C18H22N8O. The molecule has 9 nitrogen and oxygen atoms in total. The quantitative estimate of drug-likeness (QED) is 0.551. The molecule has 3 rings (SSSR count). The molecule has 1 fully saturated rings. The number of nitrogens with one attached hydrogen (secondary N) is 3. The number of anilines is 1. The fourth-order valence-electron chi connectivity index (χ4n) is 2.87. The van der Waals surface area contributed by atoms with Crippen LogP contribution >= 0.6 is 0 Å². The molecule has 5 N–H and O–H groups in total. The van der Waals surface area contributed by atoms with E-state index in [1.807, 2.05) is 12.1 Å². The fourth-order valence-corrected chi connectivity index (χ4v) is 2.87. The van der Waals surface area contributed by atoms with Crippen LogP contribution in [0.3, 0.4) is 0 Å². The zero-order chi connectivity index (χ0) is 19.2. The Morgan fingerprint density at radius 2 is 2.07 bits per heavy atom. The number of nitrogens with zero attached hydrogens (tertiary/aromatic N) is 4. The maximum Gasteiger partial charge on any atom is 0.272 e. The average Bonchev–Trinajstić information content (AvgIpc) is 2.72. The van der Waals surface area contributed by atoms with Gasteiger partial charge in [0, 0.05) is 37.7 Å². The lowest BCUT2D eigenvalue weighted by Gasteiger charge is -2.31. The molecule has 9 heteroatoms. The van der Waals surface area contributed by atoms with E-state index in [1.165, 1.54) is 18.6 Å². The van der Waals surface area contributed by atoms with Crippen molar-refractivity contribution in [3.8, 4) is 0 Å². The van der Waals surface area contributed by atoms with E-state index >= 15 is 0 Å². The molecule has 0 spiro atoms. The average molecular weight is 366 g/mol. The largest absolute Gasteiger partial charge is 0.356 e. The van der Waals surface area contributed by atoms with Gasteiger partial charge in [0.15, 0.2) is 0 Å². The van der Waals surface area contributed by atoms with E-state index in [2.05, 4.69) is 25.2 Å². The lowest BCUT2D eigenvalue weighted by Crippen LogP contribution is -2.43. The highest BCUT2D eigenvalue weighted by Gasteiger charge is 2.21. The zero-order valence-electron chi connectivity index (χ0n) is 14.8. The molecule has 2 aromatic rings. The minimum Gasteiger partial charge on any atom is -0.356 e. The molecule has 0 radical (unpaired) electrons. The molecule has 27 heavy (non-hydrogen) atoms. The number of nitrogens with two attached hydrogens (primary N) is 1. The predicted octanol–water partition coefficient (Wildman–Crippen LogP) is 0.615. The van der Waals surface area contributed by atoms with E-state index in [-0.39, 0.29) is 17.4 Å². The minimum absolute atomic E-state index is 0.0396. The van der Waals surface area contributed by atoms with Crippen LogP contribution in [0.5, 0.6) is 0 Å². The molecule has 1 saturated heterocycles. The van der Waals surface area contributed by atoms with E-state index in [1.54, 1.807) is 6.07 Å². The third kappa shape index (κ3) is 4.50. The molecule has 140 valence electrons. The summed E-state index contributed by atoms with van der Waals surface area (Å²) < 4.78 is 0. The Morgan fingerprint density at radius 1 is 1.30 bits per heavy atom. The number of pyridine rings is 1. The third-order valence-electron chi connectivity index (χ3n) is 4.43. The number of aromatic nitrogens is 3. The Labute approximate surface area is 157 Å². The van der Waals surface area contributed by atoms with Crippen LogP contribution in [0.1, 0.15) is 29.0 Å². The molecule has 3 heterocycles. The number of rotatable bonds is 6. The number of hydrogen-bond donors (Lipinski definition) is 4. The number of carbonyl (C=O) groups is 1. The van der Waals surface area contributed by atoms with E-state index in [0.29, 0.717) is 5.69 Å². The molecule has 2 aromatic heterocycles. The summed E-state index contributed by atoms with van der Waals surface area (Å²) in [6.07, 6.45) is 7.02. The fraction of sp³-hybridized carbons (Fsp3) is 0.333. The van der Waals surface area contributed by atoms with Crippen LogP contribution in [0.2, 0.25) is 0 Å². The normalized spacial score (nSPS) is 15.8. The zero-order valence-corrected chi connectivity index (χ0v) is 14.8. The highest BCUT2D eigenvalue weighted by molar-refractivity contribution is 6.12. The predicted molar refractivity (Wildman–Crippen MR) is 103 cm³/mol. The molecule has 1 unspecified atom stereocenters. The van der Waals surface area contributed by atoms with Crippen LogP contribution in [0, 0.1) is 10.8 Å². The minimum atomic E-state index is -0.906. The molecule has 0 saturated carbocycles. The Kier molecular flexibility index (Phi) is 5.82. The Balaban J connectivity index is 1.72. The van der Waals surface area contributed by atoms with Crippen molar-refractivity contribution in [1.82, 2.24) is 20.3 Å². The molecule has 0 aliphatic carbocycles.